The van der Waals surface area contributed by atoms with Crippen molar-refractivity contribution in [2.45, 2.75) is 12.7 Å². The summed E-state index contributed by atoms with van der Waals surface area (Å²) in [5.41, 5.74) is -0.638. The maximum Gasteiger partial charge on any atom is 0.416 e. The van der Waals surface area contributed by atoms with Gasteiger partial charge in [-0.1, -0.05) is 17.7 Å². The fraction of sp³-hybridized carbons (Fsp3) is 0.133. The minimum atomic E-state index is -4.61. The Kier molecular flexibility index (Phi) is 5.61. The van der Waals surface area contributed by atoms with Gasteiger partial charge in [-0.3, -0.25) is 0 Å². The number of anilines is 1. The highest BCUT2D eigenvalue weighted by molar-refractivity contribution is 7.80. The lowest BCUT2D eigenvalue weighted by molar-refractivity contribution is -0.137. The molecule has 0 saturated carbocycles. The Bertz CT molecular complexity index is 764. The summed E-state index contributed by atoms with van der Waals surface area (Å²) >= 11 is 10.6. The Morgan fingerprint density at radius 2 is 1.75 bits per heavy atom. The Labute approximate surface area is 144 Å². The first-order valence-electron chi connectivity index (χ1n) is 6.52. The van der Waals surface area contributed by atoms with Crippen molar-refractivity contribution in [3.05, 3.63) is 64.2 Å². The standard InChI is InChI=1S/C15H10ClF5N2S/c16-11-6-10(3-4-12(11)17)23-14(24)22-7-8-1-2-9(5-13(8)18)15(19,20)21/h1-6H,7H2,(H2,22,23,24). The molecule has 2 aromatic rings. The largest absolute Gasteiger partial charge is 0.416 e. The SMILES string of the molecule is Fc1ccc(NC(=S)NCc2ccc(C(F)(F)F)cc2F)cc1Cl. The van der Waals surface area contributed by atoms with Crippen LogP contribution < -0.4 is 10.6 Å². The van der Waals surface area contributed by atoms with E-state index in [0.29, 0.717) is 11.8 Å². The van der Waals surface area contributed by atoms with Gasteiger partial charge in [0.2, 0.25) is 0 Å². The smallest absolute Gasteiger partial charge is 0.358 e. The van der Waals surface area contributed by atoms with E-state index < -0.39 is 23.4 Å². The third kappa shape index (κ3) is 4.78. The molecule has 0 saturated heterocycles. The zero-order valence-electron chi connectivity index (χ0n) is 11.8. The molecule has 0 heterocycles. The Balaban J connectivity index is 1.97. The van der Waals surface area contributed by atoms with Gasteiger partial charge in [-0.2, -0.15) is 13.2 Å². The van der Waals surface area contributed by atoms with Crippen LogP contribution in [0.2, 0.25) is 5.02 Å². The van der Waals surface area contributed by atoms with E-state index in [2.05, 4.69) is 10.6 Å². The summed E-state index contributed by atoms with van der Waals surface area (Å²) < 4.78 is 64.1. The van der Waals surface area contributed by atoms with Gasteiger partial charge in [-0.25, -0.2) is 8.78 Å². The normalized spacial score (nSPS) is 11.2. The molecule has 0 spiro atoms. The third-order valence-corrected chi connectivity index (χ3v) is 3.53. The molecule has 0 aromatic heterocycles. The van der Waals surface area contributed by atoms with Gasteiger partial charge in [-0.05, 0) is 42.5 Å². The zero-order chi connectivity index (χ0) is 17.9. The molecule has 2 rings (SSSR count). The number of benzene rings is 2. The van der Waals surface area contributed by atoms with Gasteiger partial charge in [-0.15, -0.1) is 0 Å². The lowest BCUT2D eigenvalue weighted by Crippen LogP contribution is -2.28. The lowest BCUT2D eigenvalue weighted by atomic mass is 10.1. The highest BCUT2D eigenvalue weighted by Crippen LogP contribution is 2.30. The fourth-order valence-electron chi connectivity index (χ4n) is 1.79. The molecule has 9 heteroatoms. The molecule has 0 aliphatic carbocycles. The van der Waals surface area contributed by atoms with Crippen molar-refractivity contribution in [3.63, 3.8) is 0 Å². The highest BCUT2D eigenvalue weighted by atomic mass is 35.5. The number of hydrogen-bond acceptors (Lipinski definition) is 1. The van der Waals surface area contributed by atoms with E-state index >= 15 is 0 Å². The van der Waals surface area contributed by atoms with Crippen molar-refractivity contribution in [2.24, 2.45) is 0 Å². The summed E-state index contributed by atoms with van der Waals surface area (Å²) in [6.45, 7) is -0.120. The van der Waals surface area contributed by atoms with Crippen molar-refractivity contribution < 1.29 is 22.0 Å². The minimum Gasteiger partial charge on any atom is -0.358 e. The van der Waals surface area contributed by atoms with Crippen molar-refractivity contribution in [2.75, 3.05) is 5.32 Å². The first-order chi connectivity index (χ1) is 11.2. The van der Waals surface area contributed by atoms with E-state index in [1.165, 1.54) is 12.1 Å². The number of thiocarbonyl (C=S) groups is 1. The molecule has 0 aliphatic rings. The summed E-state index contributed by atoms with van der Waals surface area (Å²) in [6, 6.07) is 6.09. The number of hydrogen-bond donors (Lipinski definition) is 2. The molecule has 2 nitrogen and oxygen atoms in total. The van der Waals surface area contributed by atoms with Crippen molar-refractivity contribution in [1.29, 1.82) is 0 Å². The van der Waals surface area contributed by atoms with Gasteiger partial charge in [0, 0.05) is 17.8 Å². The number of nitrogens with one attached hydrogen (secondary N) is 2. The van der Waals surface area contributed by atoms with Crippen LogP contribution in [-0.4, -0.2) is 5.11 Å². The molecule has 24 heavy (non-hydrogen) atoms. The molecule has 2 N–H and O–H groups in total. The van der Waals surface area contributed by atoms with E-state index in [9.17, 15) is 22.0 Å². The second-order valence-electron chi connectivity index (χ2n) is 4.74. The van der Waals surface area contributed by atoms with Crippen molar-refractivity contribution >= 4 is 34.6 Å². The molecule has 0 unspecified atom stereocenters. The topological polar surface area (TPSA) is 24.1 Å². The van der Waals surface area contributed by atoms with Crippen LogP contribution in [0.1, 0.15) is 11.1 Å². The van der Waals surface area contributed by atoms with Crippen LogP contribution in [-0.2, 0) is 12.7 Å². The number of halogens is 6. The zero-order valence-corrected chi connectivity index (χ0v) is 13.4. The van der Waals surface area contributed by atoms with Crippen LogP contribution in [0.4, 0.5) is 27.6 Å². The van der Waals surface area contributed by atoms with Crippen LogP contribution in [0.15, 0.2) is 36.4 Å². The lowest BCUT2D eigenvalue weighted by Gasteiger charge is -2.13. The predicted molar refractivity (Wildman–Crippen MR) is 85.9 cm³/mol. The average Bonchev–Trinajstić information content (AvgIpc) is 2.49. The predicted octanol–water partition coefficient (Wildman–Crippen LogP) is 5.12. The molecule has 128 valence electrons. The average molecular weight is 381 g/mol. The van der Waals surface area contributed by atoms with Gasteiger partial charge in [0.1, 0.15) is 11.6 Å². The maximum atomic E-state index is 13.7. The van der Waals surface area contributed by atoms with Crippen LogP contribution in [0.3, 0.4) is 0 Å². The molecular weight excluding hydrogens is 371 g/mol. The molecule has 0 aliphatic heterocycles. The highest BCUT2D eigenvalue weighted by Gasteiger charge is 2.31. The second kappa shape index (κ2) is 7.31. The van der Waals surface area contributed by atoms with Gasteiger partial charge >= 0.3 is 6.18 Å². The van der Waals surface area contributed by atoms with Gasteiger partial charge in [0.25, 0.3) is 0 Å². The molecule has 0 fully saturated rings. The number of alkyl halides is 3. The molecule has 2 aromatic carbocycles. The quantitative estimate of drug-likeness (QED) is 0.570. The monoisotopic (exact) mass is 380 g/mol. The summed E-state index contributed by atoms with van der Waals surface area (Å²) in [5.74, 6) is -1.59. The molecular formula is C15H10ClF5N2S. The first-order valence-corrected chi connectivity index (χ1v) is 7.31. The molecule has 0 bridgehead atoms. The summed E-state index contributed by atoms with van der Waals surface area (Å²) in [4.78, 5) is 0. The van der Waals surface area contributed by atoms with Crippen LogP contribution in [0.25, 0.3) is 0 Å². The van der Waals surface area contributed by atoms with Crippen LogP contribution in [0, 0.1) is 11.6 Å². The van der Waals surface area contributed by atoms with Gasteiger partial charge in [0.15, 0.2) is 5.11 Å². The first kappa shape index (κ1) is 18.4. The Morgan fingerprint density at radius 3 is 2.33 bits per heavy atom. The summed E-state index contributed by atoms with van der Waals surface area (Å²) in [5, 5.41) is 5.33. The van der Waals surface area contributed by atoms with Gasteiger partial charge < -0.3 is 10.6 Å². The fourth-order valence-corrected chi connectivity index (χ4v) is 2.16. The molecule has 0 amide bonds. The van der Waals surface area contributed by atoms with Crippen LogP contribution in [0.5, 0.6) is 0 Å². The second-order valence-corrected chi connectivity index (χ2v) is 5.56. The van der Waals surface area contributed by atoms with Crippen LogP contribution >= 0.6 is 23.8 Å². The van der Waals surface area contributed by atoms with Crippen molar-refractivity contribution in [1.82, 2.24) is 5.32 Å². The van der Waals surface area contributed by atoms with E-state index in [1.807, 2.05) is 0 Å². The Hall–Kier alpha value is -1.93. The summed E-state index contributed by atoms with van der Waals surface area (Å²) in [6.07, 6.45) is -4.61. The van der Waals surface area contributed by atoms with E-state index in [1.54, 1.807) is 0 Å². The molecule has 0 radical (unpaired) electrons. The van der Waals surface area contributed by atoms with Crippen molar-refractivity contribution in [3.8, 4) is 0 Å². The molecule has 0 atom stereocenters. The minimum absolute atomic E-state index is 0.0179. The maximum absolute atomic E-state index is 13.7. The van der Waals surface area contributed by atoms with Gasteiger partial charge in [0.05, 0.1) is 10.6 Å². The van der Waals surface area contributed by atoms with E-state index in [4.69, 9.17) is 23.8 Å². The number of rotatable bonds is 3. The third-order valence-electron chi connectivity index (χ3n) is 3.00. The summed E-state index contributed by atoms with van der Waals surface area (Å²) in [7, 11) is 0. The van der Waals surface area contributed by atoms with E-state index in [0.717, 1.165) is 18.2 Å². The Morgan fingerprint density at radius 1 is 1.04 bits per heavy atom. The van der Waals surface area contributed by atoms with E-state index in [-0.39, 0.29) is 22.2 Å².